The zero-order chi connectivity index (χ0) is 17.6. The van der Waals surface area contributed by atoms with Gasteiger partial charge in [0.15, 0.2) is 0 Å². The van der Waals surface area contributed by atoms with Gasteiger partial charge in [-0.3, -0.25) is 4.98 Å². The van der Waals surface area contributed by atoms with Crippen LogP contribution < -0.4 is 15.5 Å². The second-order valence-corrected chi connectivity index (χ2v) is 6.25. The van der Waals surface area contributed by atoms with E-state index in [2.05, 4.69) is 27.4 Å². The van der Waals surface area contributed by atoms with Crippen molar-refractivity contribution in [2.45, 2.75) is 26.5 Å². The number of carbonyl (C=O) groups excluding carboxylic acids is 1. The fourth-order valence-corrected chi connectivity index (χ4v) is 2.85. The minimum absolute atomic E-state index is 0.238. The molecule has 2 amide bonds. The molecular formula is C19H24N4O2. The highest BCUT2D eigenvalue weighted by atomic mass is 16.5. The average Bonchev–Trinajstić information content (AvgIpc) is 2.62. The number of anilines is 2. The molecule has 1 atom stereocenters. The Morgan fingerprint density at radius 3 is 2.84 bits per heavy atom. The number of ether oxygens (including phenoxy) is 1. The zero-order valence-electron chi connectivity index (χ0n) is 14.7. The van der Waals surface area contributed by atoms with Crippen LogP contribution in [0.2, 0.25) is 0 Å². The molecule has 0 saturated carbocycles. The van der Waals surface area contributed by atoms with Crippen LogP contribution in [0.4, 0.5) is 16.2 Å². The van der Waals surface area contributed by atoms with Crippen molar-refractivity contribution in [1.29, 1.82) is 0 Å². The molecule has 1 aromatic heterocycles. The van der Waals surface area contributed by atoms with Gasteiger partial charge in [-0.05, 0) is 49.7 Å². The van der Waals surface area contributed by atoms with E-state index in [1.807, 2.05) is 43.3 Å². The summed E-state index contributed by atoms with van der Waals surface area (Å²) in [7, 11) is 0. The average molecular weight is 340 g/mol. The highest BCUT2D eigenvalue weighted by Crippen LogP contribution is 2.20. The predicted octanol–water partition coefficient (Wildman–Crippen LogP) is 2.94. The van der Waals surface area contributed by atoms with Crippen molar-refractivity contribution in [3.63, 3.8) is 0 Å². The molecule has 0 aliphatic carbocycles. The molecule has 2 aromatic rings. The van der Waals surface area contributed by atoms with E-state index in [1.165, 1.54) is 0 Å². The van der Waals surface area contributed by atoms with E-state index in [-0.39, 0.29) is 12.1 Å². The SMILES string of the molecule is Cc1cccnc1CNC(=O)Nc1ccc(N2CCO[C@@H](C)C2)cc1. The molecule has 132 valence electrons. The Bertz CT molecular complexity index is 718. The Balaban J connectivity index is 1.52. The monoisotopic (exact) mass is 340 g/mol. The number of hydrogen-bond donors (Lipinski definition) is 2. The van der Waals surface area contributed by atoms with Gasteiger partial charge in [0.25, 0.3) is 0 Å². The minimum atomic E-state index is -0.238. The Hall–Kier alpha value is -2.60. The smallest absolute Gasteiger partial charge is 0.319 e. The van der Waals surface area contributed by atoms with E-state index in [0.717, 1.165) is 42.3 Å². The zero-order valence-corrected chi connectivity index (χ0v) is 14.7. The summed E-state index contributed by atoms with van der Waals surface area (Å²) >= 11 is 0. The topological polar surface area (TPSA) is 66.5 Å². The number of rotatable bonds is 4. The van der Waals surface area contributed by atoms with Crippen LogP contribution in [0.15, 0.2) is 42.6 Å². The molecule has 3 rings (SSSR count). The second-order valence-electron chi connectivity index (χ2n) is 6.25. The number of aromatic nitrogens is 1. The molecule has 25 heavy (non-hydrogen) atoms. The van der Waals surface area contributed by atoms with Gasteiger partial charge in [-0.25, -0.2) is 4.79 Å². The lowest BCUT2D eigenvalue weighted by Crippen LogP contribution is -2.41. The van der Waals surface area contributed by atoms with Crippen LogP contribution in [-0.2, 0) is 11.3 Å². The van der Waals surface area contributed by atoms with Gasteiger partial charge in [-0.2, -0.15) is 0 Å². The van der Waals surface area contributed by atoms with E-state index >= 15 is 0 Å². The van der Waals surface area contributed by atoms with Crippen LogP contribution in [0.3, 0.4) is 0 Å². The molecule has 6 nitrogen and oxygen atoms in total. The normalized spacial score (nSPS) is 17.2. The molecule has 1 aromatic carbocycles. The van der Waals surface area contributed by atoms with Crippen molar-refractivity contribution >= 4 is 17.4 Å². The van der Waals surface area contributed by atoms with Gasteiger partial charge in [0.2, 0.25) is 0 Å². The summed E-state index contributed by atoms with van der Waals surface area (Å²) in [6.07, 6.45) is 1.97. The number of morpholine rings is 1. The number of aryl methyl sites for hydroxylation is 1. The van der Waals surface area contributed by atoms with Gasteiger partial charge >= 0.3 is 6.03 Å². The van der Waals surface area contributed by atoms with Crippen molar-refractivity contribution in [3.05, 3.63) is 53.9 Å². The van der Waals surface area contributed by atoms with E-state index in [0.29, 0.717) is 6.54 Å². The maximum absolute atomic E-state index is 12.0. The first kappa shape index (κ1) is 17.2. The Kier molecular flexibility index (Phi) is 5.50. The van der Waals surface area contributed by atoms with Crippen LogP contribution in [0.25, 0.3) is 0 Å². The van der Waals surface area contributed by atoms with E-state index in [9.17, 15) is 4.79 Å². The number of benzene rings is 1. The summed E-state index contributed by atoms with van der Waals surface area (Å²) < 4.78 is 5.57. The number of nitrogens with zero attached hydrogens (tertiary/aromatic N) is 2. The molecule has 0 bridgehead atoms. The highest BCUT2D eigenvalue weighted by molar-refractivity contribution is 5.89. The third-order valence-electron chi connectivity index (χ3n) is 4.27. The molecule has 1 aliphatic heterocycles. The summed E-state index contributed by atoms with van der Waals surface area (Å²) in [6, 6.07) is 11.5. The molecule has 1 fully saturated rings. The van der Waals surface area contributed by atoms with Crippen molar-refractivity contribution in [2.24, 2.45) is 0 Å². The van der Waals surface area contributed by atoms with Crippen LogP contribution in [-0.4, -0.2) is 36.8 Å². The van der Waals surface area contributed by atoms with Crippen LogP contribution >= 0.6 is 0 Å². The van der Waals surface area contributed by atoms with E-state index in [1.54, 1.807) is 6.20 Å². The Labute approximate surface area is 148 Å². The predicted molar refractivity (Wildman–Crippen MR) is 98.9 cm³/mol. The van der Waals surface area contributed by atoms with Gasteiger partial charge in [0.1, 0.15) is 0 Å². The van der Waals surface area contributed by atoms with Gasteiger partial charge in [-0.1, -0.05) is 6.07 Å². The number of pyridine rings is 1. The summed E-state index contributed by atoms with van der Waals surface area (Å²) in [6.45, 7) is 6.99. The lowest BCUT2D eigenvalue weighted by molar-refractivity contribution is 0.0532. The first-order valence-electron chi connectivity index (χ1n) is 8.54. The molecule has 6 heteroatoms. The largest absolute Gasteiger partial charge is 0.375 e. The number of nitrogens with one attached hydrogen (secondary N) is 2. The van der Waals surface area contributed by atoms with Crippen molar-refractivity contribution in [1.82, 2.24) is 10.3 Å². The summed E-state index contributed by atoms with van der Waals surface area (Å²) in [5, 5.41) is 5.68. The molecule has 0 unspecified atom stereocenters. The summed E-state index contributed by atoms with van der Waals surface area (Å²) in [5.41, 5.74) is 3.84. The molecular weight excluding hydrogens is 316 g/mol. The van der Waals surface area contributed by atoms with Crippen LogP contribution in [0, 0.1) is 6.92 Å². The maximum Gasteiger partial charge on any atom is 0.319 e. The van der Waals surface area contributed by atoms with Gasteiger partial charge < -0.3 is 20.3 Å². The maximum atomic E-state index is 12.0. The van der Waals surface area contributed by atoms with Crippen molar-refractivity contribution in [3.8, 4) is 0 Å². The summed E-state index contributed by atoms with van der Waals surface area (Å²) in [4.78, 5) is 18.6. The number of carbonyl (C=O) groups is 1. The molecule has 0 spiro atoms. The molecule has 2 N–H and O–H groups in total. The fraction of sp³-hybridized carbons (Fsp3) is 0.368. The van der Waals surface area contributed by atoms with Crippen molar-refractivity contribution < 1.29 is 9.53 Å². The van der Waals surface area contributed by atoms with Gasteiger partial charge in [-0.15, -0.1) is 0 Å². The lowest BCUT2D eigenvalue weighted by atomic mass is 10.2. The van der Waals surface area contributed by atoms with Crippen LogP contribution in [0.5, 0.6) is 0 Å². The van der Waals surface area contributed by atoms with Crippen LogP contribution in [0.1, 0.15) is 18.2 Å². The Morgan fingerprint density at radius 2 is 2.12 bits per heavy atom. The van der Waals surface area contributed by atoms with E-state index < -0.39 is 0 Å². The fourth-order valence-electron chi connectivity index (χ4n) is 2.85. The Morgan fingerprint density at radius 1 is 1.32 bits per heavy atom. The quantitative estimate of drug-likeness (QED) is 0.898. The van der Waals surface area contributed by atoms with Crippen molar-refractivity contribution in [2.75, 3.05) is 29.9 Å². The molecule has 0 radical (unpaired) electrons. The summed E-state index contributed by atoms with van der Waals surface area (Å²) in [5.74, 6) is 0. The molecule has 1 saturated heterocycles. The first-order valence-corrected chi connectivity index (χ1v) is 8.54. The second kappa shape index (κ2) is 7.98. The first-order chi connectivity index (χ1) is 12.1. The third kappa shape index (κ3) is 4.70. The lowest BCUT2D eigenvalue weighted by Gasteiger charge is -2.33. The molecule has 1 aliphatic rings. The van der Waals surface area contributed by atoms with Gasteiger partial charge in [0.05, 0.1) is 24.9 Å². The van der Waals surface area contributed by atoms with Gasteiger partial charge in [0, 0.05) is 30.7 Å². The standard InChI is InChI=1S/C19H24N4O2/c1-14-4-3-9-20-18(14)12-21-19(24)22-16-5-7-17(8-6-16)23-10-11-25-15(2)13-23/h3-9,15H,10-13H2,1-2H3,(H2,21,22,24)/t15-/m0/s1. The number of hydrogen-bond acceptors (Lipinski definition) is 4. The number of amides is 2. The molecule has 2 heterocycles. The highest BCUT2D eigenvalue weighted by Gasteiger charge is 2.16. The number of urea groups is 1. The minimum Gasteiger partial charge on any atom is -0.375 e. The van der Waals surface area contributed by atoms with E-state index in [4.69, 9.17) is 4.74 Å². The third-order valence-corrected chi connectivity index (χ3v) is 4.27.